The van der Waals surface area contributed by atoms with E-state index in [1.807, 2.05) is 0 Å². The van der Waals surface area contributed by atoms with E-state index in [9.17, 15) is 10.0 Å². The van der Waals surface area contributed by atoms with E-state index in [1.54, 1.807) is 12.1 Å². The lowest BCUT2D eigenvalue weighted by molar-refractivity contribution is -0.991. The van der Waals surface area contributed by atoms with Gasteiger partial charge in [-0.25, -0.2) is 10.0 Å². The summed E-state index contributed by atoms with van der Waals surface area (Å²) in [5.41, 5.74) is 0.829. The fourth-order valence-electron chi connectivity index (χ4n) is 0.904. The number of aliphatic carboxylic acids is 1. The molecule has 0 fully saturated rings. The molecular weight excluding hydrogens is 186 g/mol. The van der Waals surface area contributed by atoms with E-state index in [-0.39, 0.29) is 5.69 Å². The highest BCUT2D eigenvalue weighted by Gasteiger charge is 1.97. The lowest BCUT2D eigenvalue weighted by Gasteiger charge is -2.10. The minimum Gasteiger partial charge on any atom is -0.595 e. The zero-order valence-electron chi connectivity index (χ0n) is 7.18. The molecule has 0 aliphatic heterocycles. The minimum absolute atomic E-state index is 0.178. The molecule has 14 heavy (non-hydrogen) atoms. The molecule has 74 valence electrons. The maximum atomic E-state index is 10.5. The number of quaternary nitrogens is 1. The predicted molar refractivity (Wildman–Crippen MR) is 48.9 cm³/mol. The van der Waals surface area contributed by atoms with Crippen LogP contribution >= 0.6 is 0 Å². The van der Waals surface area contributed by atoms with Crippen molar-refractivity contribution in [2.24, 2.45) is 0 Å². The van der Waals surface area contributed by atoms with Crippen LogP contribution in [0.5, 0.6) is 0 Å². The maximum Gasteiger partial charge on any atom is 0.328 e. The van der Waals surface area contributed by atoms with Crippen LogP contribution in [0.25, 0.3) is 6.08 Å². The second-order valence-electron chi connectivity index (χ2n) is 2.60. The van der Waals surface area contributed by atoms with Crippen molar-refractivity contribution in [3.8, 4) is 0 Å². The Hall–Kier alpha value is -1.69. The van der Waals surface area contributed by atoms with Gasteiger partial charge in [-0.05, 0) is 23.8 Å². The van der Waals surface area contributed by atoms with E-state index in [2.05, 4.69) is 0 Å². The second kappa shape index (κ2) is 4.52. The molecule has 1 aromatic rings. The van der Waals surface area contributed by atoms with E-state index in [4.69, 9.17) is 10.3 Å². The average Bonchev–Trinajstić information content (AvgIpc) is 2.15. The zero-order chi connectivity index (χ0) is 10.6. The molecule has 1 atom stereocenters. The van der Waals surface area contributed by atoms with Gasteiger partial charge < -0.3 is 10.3 Å². The topological polar surface area (TPSA) is 85.0 Å². The van der Waals surface area contributed by atoms with Crippen molar-refractivity contribution in [3.63, 3.8) is 0 Å². The Kier molecular flexibility index (Phi) is 3.35. The molecule has 5 heteroatoms. The van der Waals surface area contributed by atoms with Gasteiger partial charge >= 0.3 is 5.97 Å². The van der Waals surface area contributed by atoms with Gasteiger partial charge in [-0.3, -0.25) is 0 Å². The summed E-state index contributed by atoms with van der Waals surface area (Å²) in [5, 5.41) is 26.4. The van der Waals surface area contributed by atoms with Crippen LogP contribution in [0.2, 0.25) is 0 Å². The molecule has 0 radical (unpaired) electrons. The quantitative estimate of drug-likeness (QED) is 0.474. The summed E-state index contributed by atoms with van der Waals surface area (Å²) >= 11 is 0. The van der Waals surface area contributed by atoms with Crippen molar-refractivity contribution in [2.75, 3.05) is 0 Å². The number of hydrogen-bond donors (Lipinski definition) is 3. The Balaban J connectivity index is 2.78. The molecule has 0 bridgehead atoms. The van der Waals surface area contributed by atoms with Gasteiger partial charge in [0, 0.05) is 18.2 Å². The monoisotopic (exact) mass is 195 g/mol. The van der Waals surface area contributed by atoms with Crippen LogP contribution in [-0.4, -0.2) is 16.3 Å². The number of carboxylic acid groups (broad SMARTS) is 1. The van der Waals surface area contributed by atoms with Crippen molar-refractivity contribution in [2.45, 2.75) is 0 Å². The SMILES string of the molecule is O=C(O)/C=C/c1ccc([NH+]([O-])O)cc1. The van der Waals surface area contributed by atoms with E-state index in [0.717, 1.165) is 6.08 Å². The Morgan fingerprint density at radius 1 is 1.36 bits per heavy atom. The molecule has 3 N–H and O–H groups in total. The number of carboxylic acids is 1. The van der Waals surface area contributed by atoms with Crippen molar-refractivity contribution >= 4 is 17.7 Å². The number of rotatable bonds is 3. The summed E-state index contributed by atoms with van der Waals surface area (Å²) in [5.74, 6) is -1.03. The van der Waals surface area contributed by atoms with Crippen molar-refractivity contribution in [1.82, 2.24) is 0 Å². The van der Waals surface area contributed by atoms with Crippen molar-refractivity contribution in [3.05, 3.63) is 41.1 Å². The summed E-state index contributed by atoms with van der Waals surface area (Å²) in [6.45, 7) is 0. The number of benzene rings is 1. The number of carbonyl (C=O) groups is 1. The average molecular weight is 195 g/mol. The fourth-order valence-corrected chi connectivity index (χ4v) is 0.904. The predicted octanol–water partition coefficient (Wildman–Crippen LogP) is 0.188. The molecule has 0 heterocycles. The van der Waals surface area contributed by atoms with E-state index < -0.39 is 11.2 Å². The van der Waals surface area contributed by atoms with Crippen LogP contribution < -0.4 is 5.23 Å². The Morgan fingerprint density at radius 2 is 1.93 bits per heavy atom. The Bertz CT molecular complexity index is 342. The summed E-state index contributed by atoms with van der Waals surface area (Å²) in [4.78, 5) is 10.2. The first-order valence-corrected chi connectivity index (χ1v) is 3.84. The summed E-state index contributed by atoms with van der Waals surface area (Å²) in [7, 11) is 0. The first-order valence-electron chi connectivity index (χ1n) is 3.84. The summed E-state index contributed by atoms with van der Waals surface area (Å²) < 4.78 is 0. The van der Waals surface area contributed by atoms with E-state index in [1.165, 1.54) is 18.2 Å². The highest BCUT2D eigenvalue weighted by atomic mass is 16.8. The molecule has 5 nitrogen and oxygen atoms in total. The summed E-state index contributed by atoms with van der Waals surface area (Å²) in [6, 6.07) is 5.93. The van der Waals surface area contributed by atoms with Crippen LogP contribution in [-0.2, 0) is 4.79 Å². The lowest BCUT2D eigenvalue weighted by Crippen LogP contribution is -2.99. The molecule has 0 saturated carbocycles. The molecule has 0 spiro atoms. The molecule has 0 aromatic heterocycles. The van der Waals surface area contributed by atoms with Gasteiger partial charge in [0.2, 0.25) is 0 Å². The van der Waals surface area contributed by atoms with Gasteiger partial charge in [-0.2, -0.15) is 5.23 Å². The first kappa shape index (κ1) is 10.4. The van der Waals surface area contributed by atoms with Crippen LogP contribution in [0.3, 0.4) is 0 Å². The number of nitrogens with one attached hydrogen (secondary N) is 1. The van der Waals surface area contributed by atoms with Crippen molar-refractivity contribution in [1.29, 1.82) is 0 Å². The zero-order valence-corrected chi connectivity index (χ0v) is 7.18. The largest absolute Gasteiger partial charge is 0.595 e. The fraction of sp³-hybridized carbons (Fsp3) is 0. The third kappa shape index (κ3) is 2.98. The van der Waals surface area contributed by atoms with Gasteiger partial charge in [-0.1, -0.05) is 0 Å². The van der Waals surface area contributed by atoms with Crippen LogP contribution in [0, 0.1) is 5.21 Å². The molecule has 1 aromatic carbocycles. The molecule has 1 rings (SSSR count). The van der Waals surface area contributed by atoms with Gasteiger partial charge in [0.05, 0.1) is 0 Å². The molecule has 0 amide bonds. The first-order chi connectivity index (χ1) is 6.59. The number of hydrogen-bond acceptors (Lipinski definition) is 3. The molecule has 0 saturated heterocycles. The molecule has 0 aliphatic rings. The Labute approximate surface area is 80.0 Å². The van der Waals surface area contributed by atoms with Crippen LogP contribution in [0.1, 0.15) is 5.56 Å². The van der Waals surface area contributed by atoms with Gasteiger partial charge in [0.1, 0.15) is 0 Å². The van der Waals surface area contributed by atoms with Gasteiger partial charge in [0.25, 0.3) is 0 Å². The normalized spacial score (nSPS) is 13.0. The lowest BCUT2D eigenvalue weighted by atomic mass is 10.2. The highest BCUT2D eigenvalue weighted by molar-refractivity contribution is 5.85. The highest BCUT2D eigenvalue weighted by Crippen LogP contribution is 2.06. The second-order valence-corrected chi connectivity index (χ2v) is 2.60. The van der Waals surface area contributed by atoms with E-state index in [0.29, 0.717) is 5.56 Å². The Morgan fingerprint density at radius 3 is 2.36 bits per heavy atom. The van der Waals surface area contributed by atoms with Crippen molar-refractivity contribution < 1.29 is 20.3 Å². The third-order valence-electron chi connectivity index (χ3n) is 1.58. The molecule has 1 unspecified atom stereocenters. The van der Waals surface area contributed by atoms with Gasteiger partial charge in [0.15, 0.2) is 5.69 Å². The third-order valence-corrected chi connectivity index (χ3v) is 1.58. The summed E-state index contributed by atoms with van der Waals surface area (Å²) in [6.07, 6.45) is 2.39. The van der Waals surface area contributed by atoms with Crippen LogP contribution in [0.4, 0.5) is 5.69 Å². The minimum atomic E-state index is -1.03. The molecule has 0 aliphatic carbocycles. The molecular formula is C9H9NO4. The van der Waals surface area contributed by atoms with Crippen LogP contribution in [0.15, 0.2) is 30.3 Å². The smallest absolute Gasteiger partial charge is 0.328 e. The maximum absolute atomic E-state index is 10.5. The van der Waals surface area contributed by atoms with E-state index >= 15 is 0 Å². The standard InChI is InChI=1S/C9H9NO4/c11-9(12)6-3-7-1-4-8(5-2-7)10(13)14/h1-6,10,13H,(H,11,12)/b6-3+. The van der Waals surface area contributed by atoms with Gasteiger partial charge in [-0.15, -0.1) is 0 Å².